The molecule has 1 atom stereocenters. The lowest BCUT2D eigenvalue weighted by Crippen LogP contribution is -2.10. The van der Waals surface area contributed by atoms with Gasteiger partial charge in [-0.2, -0.15) is 0 Å². The molecule has 0 aromatic carbocycles. The predicted molar refractivity (Wildman–Crippen MR) is 74.4 cm³/mol. The molecule has 0 aliphatic rings. The molecule has 1 unspecified atom stereocenters. The SMILES string of the molecule is CCCCC(CC)COCc1ccoc1CNC. The van der Waals surface area contributed by atoms with Gasteiger partial charge in [0.25, 0.3) is 0 Å². The number of rotatable bonds is 10. The third-order valence-electron chi connectivity index (χ3n) is 3.33. The van der Waals surface area contributed by atoms with Crippen LogP contribution in [0.1, 0.15) is 50.9 Å². The molecule has 0 aliphatic heterocycles. The maximum Gasteiger partial charge on any atom is 0.123 e. The fourth-order valence-corrected chi connectivity index (χ4v) is 2.04. The molecule has 1 rings (SSSR count). The minimum atomic E-state index is 0.663. The molecule has 0 saturated heterocycles. The molecule has 1 heterocycles. The normalized spacial score (nSPS) is 12.8. The Morgan fingerprint density at radius 2 is 2.22 bits per heavy atom. The fourth-order valence-electron chi connectivity index (χ4n) is 2.04. The van der Waals surface area contributed by atoms with Crippen LogP contribution >= 0.6 is 0 Å². The highest BCUT2D eigenvalue weighted by molar-refractivity contribution is 5.15. The van der Waals surface area contributed by atoms with Gasteiger partial charge < -0.3 is 14.5 Å². The zero-order valence-corrected chi connectivity index (χ0v) is 12.0. The number of furan rings is 1. The minimum Gasteiger partial charge on any atom is -0.468 e. The monoisotopic (exact) mass is 253 g/mol. The largest absolute Gasteiger partial charge is 0.468 e. The molecule has 0 fully saturated rings. The summed E-state index contributed by atoms with van der Waals surface area (Å²) in [4.78, 5) is 0. The lowest BCUT2D eigenvalue weighted by atomic mass is 10.0. The van der Waals surface area contributed by atoms with Gasteiger partial charge in [-0.05, 0) is 25.5 Å². The average molecular weight is 253 g/mol. The molecule has 18 heavy (non-hydrogen) atoms. The van der Waals surface area contributed by atoms with Gasteiger partial charge in [0.05, 0.1) is 19.4 Å². The molecule has 3 nitrogen and oxygen atoms in total. The summed E-state index contributed by atoms with van der Waals surface area (Å²) in [7, 11) is 1.92. The summed E-state index contributed by atoms with van der Waals surface area (Å²) in [6.45, 7) is 6.77. The second kappa shape index (κ2) is 9.17. The van der Waals surface area contributed by atoms with Gasteiger partial charge in [-0.25, -0.2) is 0 Å². The Kier molecular flexibility index (Phi) is 7.78. The van der Waals surface area contributed by atoms with Crippen molar-refractivity contribution in [3.05, 3.63) is 23.7 Å². The van der Waals surface area contributed by atoms with Crippen LogP contribution in [0.3, 0.4) is 0 Å². The number of nitrogens with one attached hydrogen (secondary N) is 1. The zero-order chi connectivity index (χ0) is 13.2. The van der Waals surface area contributed by atoms with Crippen LogP contribution in [0.4, 0.5) is 0 Å². The van der Waals surface area contributed by atoms with E-state index in [2.05, 4.69) is 19.2 Å². The van der Waals surface area contributed by atoms with Gasteiger partial charge in [-0.1, -0.05) is 33.1 Å². The number of unbranched alkanes of at least 4 members (excludes halogenated alkanes) is 1. The van der Waals surface area contributed by atoms with E-state index in [0.717, 1.165) is 24.5 Å². The van der Waals surface area contributed by atoms with Crippen molar-refractivity contribution in [1.82, 2.24) is 5.32 Å². The molecule has 3 heteroatoms. The standard InChI is InChI=1S/C15H27NO2/c1-4-6-7-13(5-2)11-17-12-14-8-9-18-15(14)10-16-3/h8-9,13,16H,4-7,10-12H2,1-3H3. The summed E-state index contributed by atoms with van der Waals surface area (Å²) in [5, 5.41) is 3.10. The van der Waals surface area contributed by atoms with E-state index in [1.54, 1.807) is 6.26 Å². The van der Waals surface area contributed by atoms with Crippen LogP contribution in [-0.4, -0.2) is 13.7 Å². The molecule has 1 aromatic heterocycles. The van der Waals surface area contributed by atoms with Crippen LogP contribution in [0.5, 0.6) is 0 Å². The first kappa shape index (κ1) is 15.3. The van der Waals surface area contributed by atoms with Gasteiger partial charge in [0, 0.05) is 12.2 Å². The Bertz CT molecular complexity index is 309. The first-order chi connectivity index (χ1) is 8.81. The first-order valence-electron chi connectivity index (χ1n) is 7.09. The first-order valence-corrected chi connectivity index (χ1v) is 7.09. The van der Waals surface area contributed by atoms with E-state index in [4.69, 9.17) is 9.15 Å². The van der Waals surface area contributed by atoms with Gasteiger partial charge in [-0.15, -0.1) is 0 Å². The van der Waals surface area contributed by atoms with E-state index in [1.807, 2.05) is 13.1 Å². The topological polar surface area (TPSA) is 34.4 Å². The minimum absolute atomic E-state index is 0.663. The maximum absolute atomic E-state index is 5.83. The van der Waals surface area contributed by atoms with Gasteiger partial charge in [0.1, 0.15) is 5.76 Å². The van der Waals surface area contributed by atoms with E-state index in [9.17, 15) is 0 Å². The van der Waals surface area contributed by atoms with Crippen molar-refractivity contribution in [3.63, 3.8) is 0 Å². The highest BCUT2D eigenvalue weighted by Gasteiger charge is 2.09. The summed E-state index contributed by atoms with van der Waals surface area (Å²) < 4.78 is 11.2. The molecule has 1 N–H and O–H groups in total. The number of hydrogen-bond acceptors (Lipinski definition) is 3. The Balaban J connectivity index is 2.28. The molecule has 1 aromatic rings. The van der Waals surface area contributed by atoms with E-state index < -0.39 is 0 Å². The van der Waals surface area contributed by atoms with Gasteiger partial charge in [-0.3, -0.25) is 0 Å². The van der Waals surface area contributed by atoms with Crippen LogP contribution in [0, 0.1) is 5.92 Å². The molecule has 0 aliphatic carbocycles. The summed E-state index contributed by atoms with van der Waals surface area (Å²) >= 11 is 0. The second-order valence-corrected chi connectivity index (χ2v) is 4.83. The fraction of sp³-hybridized carbons (Fsp3) is 0.733. The number of ether oxygens (including phenoxy) is 1. The summed E-state index contributed by atoms with van der Waals surface area (Å²) in [6, 6.07) is 2.00. The maximum atomic E-state index is 5.83. The average Bonchev–Trinajstić information content (AvgIpc) is 2.81. The molecule has 0 spiro atoms. The second-order valence-electron chi connectivity index (χ2n) is 4.83. The highest BCUT2D eigenvalue weighted by atomic mass is 16.5. The van der Waals surface area contributed by atoms with Crippen molar-refractivity contribution in [2.24, 2.45) is 5.92 Å². The summed E-state index contributed by atoms with van der Waals surface area (Å²) in [5.41, 5.74) is 1.16. The molecule has 104 valence electrons. The van der Waals surface area contributed by atoms with E-state index in [1.165, 1.54) is 25.7 Å². The van der Waals surface area contributed by atoms with Crippen LogP contribution in [0.15, 0.2) is 16.7 Å². The van der Waals surface area contributed by atoms with Crippen LogP contribution in [0.2, 0.25) is 0 Å². The predicted octanol–water partition coefficient (Wildman–Crippen LogP) is 3.73. The van der Waals surface area contributed by atoms with Crippen molar-refractivity contribution in [2.45, 2.75) is 52.7 Å². The van der Waals surface area contributed by atoms with Gasteiger partial charge in [0.15, 0.2) is 0 Å². The van der Waals surface area contributed by atoms with Crippen molar-refractivity contribution >= 4 is 0 Å². The van der Waals surface area contributed by atoms with E-state index >= 15 is 0 Å². The van der Waals surface area contributed by atoms with Crippen molar-refractivity contribution < 1.29 is 9.15 Å². The van der Waals surface area contributed by atoms with E-state index in [0.29, 0.717) is 12.5 Å². The summed E-state index contributed by atoms with van der Waals surface area (Å²) in [6.07, 6.45) is 6.79. The molecular formula is C15H27NO2. The summed E-state index contributed by atoms with van der Waals surface area (Å²) in [5.74, 6) is 1.68. The van der Waals surface area contributed by atoms with Gasteiger partial charge in [0.2, 0.25) is 0 Å². The third kappa shape index (κ3) is 5.23. The Labute approximate surface area is 111 Å². The quantitative estimate of drug-likeness (QED) is 0.690. The lowest BCUT2D eigenvalue weighted by Gasteiger charge is -2.14. The van der Waals surface area contributed by atoms with Crippen molar-refractivity contribution in [2.75, 3.05) is 13.7 Å². The molecule has 0 bridgehead atoms. The van der Waals surface area contributed by atoms with Crippen LogP contribution in [0.25, 0.3) is 0 Å². The smallest absolute Gasteiger partial charge is 0.123 e. The Morgan fingerprint density at radius 1 is 1.39 bits per heavy atom. The third-order valence-corrected chi connectivity index (χ3v) is 3.33. The lowest BCUT2D eigenvalue weighted by molar-refractivity contribution is 0.0810. The van der Waals surface area contributed by atoms with Crippen LogP contribution < -0.4 is 5.32 Å². The molecule has 0 saturated carbocycles. The van der Waals surface area contributed by atoms with Crippen molar-refractivity contribution in [3.8, 4) is 0 Å². The molecule has 0 amide bonds. The Morgan fingerprint density at radius 3 is 2.89 bits per heavy atom. The van der Waals surface area contributed by atoms with E-state index in [-0.39, 0.29) is 0 Å². The Hall–Kier alpha value is -0.800. The molecule has 0 radical (unpaired) electrons. The van der Waals surface area contributed by atoms with Crippen LogP contribution in [-0.2, 0) is 17.9 Å². The molecular weight excluding hydrogens is 226 g/mol. The zero-order valence-electron chi connectivity index (χ0n) is 12.0. The number of hydrogen-bond donors (Lipinski definition) is 1. The highest BCUT2D eigenvalue weighted by Crippen LogP contribution is 2.16. The van der Waals surface area contributed by atoms with Crippen molar-refractivity contribution in [1.29, 1.82) is 0 Å². The van der Waals surface area contributed by atoms with Gasteiger partial charge >= 0.3 is 0 Å².